The zero-order chi connectivity index (χ0) is 33.4. The Morgan fingerprint density at radius 3 is 2.09 bits per heavy atom. The molecular weight excluding hydrogens is 645 g/mol. The van der Waals surface area contributed by atoms with Gasteiger partial charge in [0, 0.05) is 12.6 Å². The molecule has 0 saturated heterocycles. The molecule has 0 aliphatic carbocycles. The topological polar surface area (TPSA) is 96.0 Å². The Kier molecular flexibility index (Phi) is 11.7. The van der Waals surface area contributed by atoms with Crippen molar-refractivity contribution in [1.82, 2.24) is 10.2 Å². The second-order valence-electron chi connectivity index (χ2n) is 11.0. The molecule has 0 bridgehead atoms. The summed E-state index contributed by atoms with van der Waals surface area (Å²) in [4.78, 5) is 28.8. The summed E-state index contributed by atoms with van der Waals surface area (Å²) in [5.41, 5.74) is 1.76. The van der Waals surface area contributed by atoms with Crippen molar-refractivity contribution >= 4 is 50.7 Å². The first-order valence-electron chi connectivity index (χ1n) is 14.8. The standard InChI is InChI=1S/C35H37Cl2N3O5S/c1-5-25(3)38-35(42)26(4)39(22-27-13-20-32(36)33(37)21-27)34(41)23-40(46(43,44)31-18-11-24(2)12-19-31)28-14-16-30(17-15-28)45-29-9-7-6-8-10-29/h6-21,25-26H,5,22-23H2,1-4H3,(H,38,42)/t25-,26-/m1/s1. The van der Waals surface area contributed by atoms with Crippen molar-refractivity contribution in [2.45, 2.75) is 57.6 Å². The van der Waals surface area contributed by atoms with Crippen LogP contribution >= 0.6 is 23.2 Å². The van der Waals surface area contributed by atoms with Crippen LogP contribution in [0.1, 0.15) is 38.3 Å². The van der Waals surface area contributed by atoms with E-state index in [1.54, 1.807) is 61.5 Å². The van der Waals surface area contributed by atoms with Crippen LogP contribution in [0.4, 0.5) is 5.69 Å². The number of aryl methyl sites for hydroxylation is 1. The van der Waals surface area contributed by atoms with Crippen molar-refractivity contribution in [3.63, 3.8) is 0 Å². The van der Waals surface area contributed by atoms with Gasteiger partial charge in [-0.05, 0) is 93.4 Å². The van der Waals surface area contributed by atoms with Gasteiger partial charge in [0.15, 0.2) is 0 Å². The van der Waals surface area contributed by atoms with Gasteiger partial charge in [0.05, 0.1) is 20.6 Å². The second kappa shape index (κ2) is 15.5. The van der Waals surface area contributed by atoms with Gasteiger partial charge in [0.25, 0.3) is 10.0 Å². The number of anilines is 1. The maximum atomic E-state index is 14.2. The molecule has 2 amide bonds. The number of halogens is 2. The predicted molar refractivity (Wildman–Crippen MR) is 183 cm³/mol. The highest BCUT2D eigenvalue weighted by molar-refractivity contribution is 7.92. The van der Waals surface area contributed by atoms with Crippen LogP contribution in [0.15, 0.2) is 102 Å². The minimum Gasteiger partial charge on any atom is -0.457 e. The van der Waals surface area contributed by atoms with Crippen LogP contribution in [-0.4, -0.2) is 43.8 Å². The first-order valence-corrected chi connectivity index (χ1v) is 17.0. The largest absolute Gasteiger partial charge is 0.457 e. The molecule has 0 saturated carbocycles. The van der Waals surface area contributed by atoms with Gasteiger partial charge in [0.2, 0.25) is 11.8 Å². The fourth-order valence-corrected chi connectivity index (χ4v) is 6.29. The molecule has 4 aromatic carbocycles. The summed E-state index contributed by atoms with van der Waals surface area (Å²) in [6.45, 7) is 6.71. The Balaban J connectivity index is 1.71. The molecule has 2 atom stereocenters. The van der Waals surface area contributed by atoms with Crippen molar-refractivity contribution in [2.75, 3.05) is 10.8 Å². The van der Waals surface area contributed by atoms with Crippen LogP contribution in [0.3, 0.4) is 0 Å². The lowest BCUT2D eigenvalue weighted by Crippen LogP contribution is -2.52. The number of ether oxygens (including phenoxy) is 1. The number of nitrogens with zero attached hydrogens (tertiary/aromatic N) is 2. The third-order valence-corrected chi connectivity index (χ3v) is 10.0. The minimum atomic E-state index is -4.22. The van der Waals surface area contributed by atoms with E-state index in [0.29, 0.717) is 33.5 Å². The molecule has 0 heterocycles. The number of para-hydroxylation sites is 1. The van der Waals surface area contributed by atoms with E-state index in [4.69, 9.17) is 27.9 Å². The van der Waals surface area contributed by atoms with Crippen LogP contribution in [0, 0.1) is 6.92 Å². The number of hydrogen-bond acceptors (Lipinski definition) is 5. The van der Waals surface area contributed by atoms with Crippen molar-refractivity contribution in [1.29, 1.82) is 0 Å². The lowest BCUT2D eigenvalue weighted by atomic mass is 10.1. The quantitative estimate of drug-likeness (QED) is 0.157. The van der Waals surface area contributed by atoms with E-state index in [1.807, 2.05) is 51.1 Å². The summed E-state index contributed by atoms with van der Waals surface area (Å²) >= 11 is 12.4. The smallest absolute Gasteiger partial charge is 0.264 e. The molecule has 11 heteroatoms. The molecule has 0 fully saturated rings. The highest BCUT2D eigenvalue weighted by atomic mass is 35.5. The summed E-state index contributed by atoms with van der Waals surface area (Å²) in [6, 6.07) is 25.9. The summed E-state index contributed by atoms with van der Waals surface area (Å²) in [6.07, 6.45) is 0.700. The van der Waals surface area contributed by atoms with Gasteiger partial charge in [-0.3, -0.25) is 13.9 Å². The SMILES string of the molecule is CC[C@@H](C)NC(=O)[C@@H](C)N(Cc1ccc(Cl)c(Cl)c1)C(=O)CN(c1ccc(Oc2ccccc2)cc1)S(=O)(=O)c1ccc(C)cc1. The number of benzene rings is 4. The lowest BCUT2D eigenvalue weighted by Gasteiger charge is -2.32. The third-order valence-electron chi connectivity index (χ3n) is 7.50. The van der Waals surface area contributed by atoms with Gasteiger partial charge in [-0.15, -0.1) is 0 Å². The molecule has 8 nitrogen and oxygen atoms in total. The molecule has 0 aliphatic heterocycles. The molecule has 0 spiro atoms. The Hall–Kier alpha value is -4.05. The zero-order valence-electron chi connectivity index (χ0n) is 26.1. The number of carbonyl (C=O) groups is 2. The van der Waals surface area contributed by atoms with Crippen molar-refractivity contribution in [2.24, 2.45) is 0 Å². The zero-order valence-corrected chi connectivity index (χ0v) is 28.4. The fraction of sp³-hybridized carbons (Fsp3) is 0.257. The van der Waals surface area contributed by atoms with Crippen LogP contribution in [0.2, 0.25) is 10.0 Å². The average molecular weight is 683 g/mol. The van der Waals surface area contributed by atoms with Crippen molar-refractivity contribution < 1.29 is 22.7 Å². The molecule has 0 radical (unpaired) electrons. The molecule has 46 heavy (non-hydrogen) atoms. The normalized spacial score (nSPS) is 12.6. The predicted octanol–water partition coefficient (Wildman–Crippen LogP) is 7.62. The second-order valence-corrected chi connectivity index (χ2v) is 13.7. The fourth-order valence-electron chi connectivity index (χ4n) is 4.55. The number of carbonyl (C=O) groups excluding carboxylic acids is 2. The monoisotopic (exact) mass is 681 g/mol. The molecule has 4 rings (SSSR count). The first kappa shape index (κ1) is 34.8. The Bertz CT molecular complexity index is 1750. The van der Waals surface area contributed by atoms with E-state index in [0.717, 1.165) is 9.87 Å². The van der Waals surface area contributed by atoms with E-state index >= 15 is 0 Å². The summed E-state index contributed by atoms with van der Waals surface area (Å²) in [5.74, 6) is 0.166. The number of sulfonamides is 1. The Labute approximate surface area is 280 Å². The Morgan fingerprint density at radius 1 is 0.848 bits per heavy atom. The van der Waals surface area contributed by atoms with Gasteiger partial charge in [-0.1, -0.05) is 72.1 Å². The number of rotatable bonds is 13. The summed E-state index contributed by atoms with van der Waals surface area (Å²) in [5, 5.41) is 3.56. The van der Waals surface area contributed by atoms with Crippen LogP contribution < -0.4 is 14.4 Å². The van der Waals surface area contributed by atoms with Crippen LogP contribution in [-0.2, 0) is 26.2 Å². The third kappa shape index (κ3) is 8.81. The van der Waals surface area contributed by atoms with Crippen LogP contribution in [0.5, 0.6) is 11.5 Å². The van der Waals surface area contributed by atoms with Crippen LogP contribution in [0.25, 0.3) is 0 Å². The average Bonchev–Trinajstić information content (AvgIpc) is 3.04. The highest BCUT2D eigenvalue weighted by Crippen LogP contribution is 2.29. The molecule has 0 aromatic heterocycles. The molecular formula is C35H37Cl2N3O5S. The molecule has 4 aromatic rings. The van der Waals surface area contributed by atoms with E-state index in [1.165, 1.54) is 17.0 Å². The van der Waals surface area contributed by atoms with Gasteiger partial charge in [-0.2, -0.15) is 0 Å². The molecule has 0 aliphatic rings. The van der Waals surface area contributed by atoms with Crippen molar-refractivity contribution in [3.8, 4) is 11.5 Å². The number of hydrogen-bond donors (Lipinski definition) is 1. The van der Waals surface area contributed by atoms with E-state index in [2.05, 4.69) is 5.32 Å². The molecule has 242 valence electrons. The molecule has 0 unspecified atom stereocenters. The minimum absolute atomic E-state index is 0.00686. The lowest BCUT2D eigenvalue weighted by molar-refractivity contribution is -0.139. The first-order chi connectivity index (χ1) is 21.9. The van der Waals surface area contributed by atoms with Gasteiger partial charge in [-0.25, -0.2) is 8.42 Å². The number of nitrogens with one attached hydrogen (secondary N) is 1. The van der Waals surface area contributed by atoms with E-state index in [-0.39, 0.29) is 29.1 Å². The van der Waals surface area contributed by atoms with Crippen molar-refractivity contribution in [3.05, 3.63) is 118 Å². The maximum absolute atomic E-state index is 14.2. The van der Waals surface area contributed by atoms with E-state index in [9.17, 15) is 18.0 Å². The number of amides is 2. The maximum Gasteiger partial charge on any atom is 0.264 e. The highest BCUT2D eigenvalue weighted by Gasteiger charge is 2.33. The molecule has 1 N–H and O–H groups in total. The Morgan fingerprint density at radius 2 is 1.48 bits per heavy atom. The van der Waals surface area contributed by atoms with Gasteiger partial charge < -0.3 is 15.0 Å². The van der Waals surface area contributed by atoms with E-state index < -0.39 is 28.5 Å². The summed E-state index contributed by atoms with van der Waals surface area (Å²) < 4.78 is 35.2. The van der Waals surface area contributed by atoms with Gasteiger partial charge >= 0.3 is 0 Å². The summed E-state index contributed by atoms with van der Waals surface area (Å²) in [7, 11) is -4.22. The van der Waals surface area contributed by atoms with Gasteiger partial charge in [0.1, 0.15) is 24.1 Å².